The van der Waals surface area contributed by atoms with Crippen molar-refractivity contribution in [1.29, 1.82) is 0 Å². The molecule has 0 atom stereocenters. The van der Waals surface area contributed by atoms with E-state index in [0.29, 0.717) is 0 Å². The first-order valence-electron chi connectivity index (χ1n) is 4.50. The molecule has 0 spiro atoms. The van der Waals surface area contributed by atoms with Gasteiger partial charge in [-0.1, -0.05) is 0 Å². The van der Waals surface area contributed by atoms with Gasteiger partial charge in [-0.15, -0.1) is 0 Å². The fourth-order valence-corrected chi connectivity index (χ4v) is 1.28. The molecule has 0 heterocycles. The molecule has 0 aromatic heterocycles. The van der Waals surface area contributed by atoms with Crippen LogP contribution in [0.2, 0.25) is 0 Å². The van der Waals surface area contributed by atoms with Gasteiger partial charge in [0.1, 0.15) is 0 Å². The van der Waals surface area contributed by atoms with Gasteiger partial charge in [-0.25, -0.2) is 0 Å². The number of hydrogen-bond donors (Lipinski definition) is 5. The molecule has 0 rings (SSSR count). The molecule has 15 heavy (non-hydrogen) atoms. The zero-order valence-corrected chi connectivity index (χ0v) is 9.59. The van der Waals surface area contributed by atoms with Crippen molar-refractivity contribution >= 4 is 0 Å². The summed E-state index contributed by atoms with van der Waals surface area (Å²) in [4.78, 5) is 1.47. The third-order valence-electron chi connectivity index (χ3n) is 2.29. The SMILES string of the molecule is OCCN(CCO)C(CO)(CO)CO.[Fe]. The molecule has 0 saturated carbocycles. The Morgan fingerprint density at radius 3 is 1.27 bits per heavy atom. The molecule has 94 valence electrons. The molecule has 0 amide bonds. The monoisotopic (exact) mass is 265 g/mol. The summed E-state index contributed by atoms with van der Waals surface area (Å²) in [6.45, 7) is -1.26. The summed E-state index contributed by atoms with van der Waals surface area (Å²) >= 11 is 0. The first-order chi connectivity index (χ1) is 6.70. The Morgan fingerprint density at radius 2 is 1.07 bits per heavy atom. The Balaban J connectivity index is 0. The average molecular weight is 265 g/mol. The third kappa shape index (κ3) is 4.75. The normalized spacial score (nSPS) is 11.6. The van der Waals surface area contributed by atoms with Crippen LogP contribution in [0.4, 0.5) is 0 Å². The summed E-state index contributed by atoms with van der Waals surface area (Å²) in [5, 5.41) is 44.7. The van der Waals surface area contributed by atoms with Gasteiger partial charge in [0.05, 0.1) is 38.6 Å². The Bertz CT molecular complexity index is 131. The fourth-order valence-electron chi connectivity index (χ4n) is 1.28. The molecule has 6 nitrogen and oxygen atoms in total. The Morgan fingerprint density at radius 1 is 0.733 bits per heavy atom. The van der Waals surface area contributed by atoms with Gasteiger partial charge in [0, 0.05) is 30.2 Å². The molecule has 0 fully saturated rings. The molecule has 0 bridgehead atoms. The molecule has 0 saturated heterocycles. The van der Waals surface area contributed by atoms with Crippen molar-refractivity contribution in [2.24, 2.45) is 0 Å². The van der Waals surface area contributed by atoms with Gasteiger partial charge in [-0.2, -0.15) is 0 Å². The van der Waals surface area contributed by atoms with Crippen LogP contribution in [0.15, 0.2) is 0 Å². The molecular weight excluding hydrogens is 246 g/mol. The molecule has 5 N–H and O–H groups in total. The van der Waals surface area contributed by atoms with E-state index in [9.17, 15) is 0 Å². The maximum Gasteiger partial charge on any atom is 0.0908 e. The standard InChI is InChI=1S/C8H19NO5.Fe/c10-3-1-9(2-4-11)8(5-12,6-13)7-14;/h10-14H,1-7H2;. The van der Waals surface area contributed by atoms with Gasteiger partial charge in [-0.3, -0.25) is 4.90 Å². The zero-order chi connectivity index (χ0) is 11.0. The average Bonchev–Trinajstić information content (AvgIpc) is 2.22. The van der Waals surface area contributed by atoms with Crippen LogP contribution < -0.4 is 0 Å². The van der Waals surface area contributed by atoms with Crippen molar-refractivity contribution in [2.75, 3.05) is 46.1 Å². The first kappa shape index (κ1) is 17.7. The van der Waals surface area contributed by atoms with E-state index in [4.69, 9.17) is 25.5 Å². The largest absolute Gasteiger partial charge is 0.395 e. The summed E-state index contributed by atoms with van der Waals surface area (Å²) < 4.78 is 0. The number of aliphatic hydroxyl groups is 5. The van der Waals surface area contributed by atoms with Crippen LogP contribution in [-0.2, 0) is 17.1 Å². The topological polar surface area (TPSA) is 104 Å². The second-order valence-electron chi connectivity index (χ2n) is 3.13. The number of aliphatic hydroxyl groups excluding tert-OH is 5. The molecule has 0 aliphatic heterocycles. The van der Waals surface area contributed by atoms with Crippen LogP contribution in [0.3, 0.4) is 0 Å². The van der Waals surface area contributed by atoms with E-state index >= 15 is 0 Å². The minimum absolute atomic E-state index is 0. The number of nitrogens with zero attached hydrogens (tertiary/aromatic N) is 1. The fraction of sp³-hybridized carbons (Fsp3) is 1.00. The summed E-state index contributed by atoms with van der Waals surface area (Å²) in [7, 11) is 0. The van der Waals surface area contributed by atoms with Crippen molar-refractivity contribution in [3.63, 3.8) is 0 Å². The van der Waals surface area contributed by atoms with E-state index in [0.717, 1.165) is 0 Å². The maximum atomic E-state index is 9.08. The van der Waals surface area contributed by atoms with Crippen molar-refractivity contribution < 1.29 is 42.6 Å². The van der Waals surface area contributed by atoms with Crippen LogP contribution in [0.25, 0.3) is 0 Å². The van der Waals surface area contributed by atoms with E-state index in [2.05, 4.69) is 0 Å². The van der Waals surface area contributed by atoms with Gasteiger partial charge in [0.2, 0.25) is 0 Å². The Hall–Kier alpha value is 0.279. The molecule has 0 aliphatic carbocycles. The van der Waals surface area contributed by atoms with Crippen LogP contribution in [0, 0.1) is 0 Å². The first-order valence-corrected chi connectivity index (χ1v) is 4.50. The predicted molar refractivity (Wildman–Crippen MR) is 49.7 cm³/mol. The quantitative estimate of drug-likeness (QED) is 0.299. The molecule has 0 aliphatic rings. The van der Waals surface area contributed by atoms with E-state index < -0.39 is 25.4 Å². The molecule has 7 heteroatoms. The van der Waals surface area contributed by atoms with Crippen molar-refractivity contribution in [3.8, 4) is 0 Å². The minimum atomic E-state index is -1.18. The van der Waals surface area contributed by atoms with E-state index in [1.165, 1.54) is 4.90 Å². The minimum Gasteiger partial charge on any atom is -0.395 e. The second kappa shape index (κ2) is 9.50. The van der Waals surface area contributed by atoms with Gasteiger partial charge < -0.3 is 25.5 Å². The van der Waals surface area contributed by atoms with Crippen molar-refractivity contribution in [3.05, 3.63) is 0 Å². The number of β-amino-alcohol motifs (C(OH)–C–C–N with tert-alkyl or cyclic N) is 2. The van der Waals surface area contributed by atoms with Gasteiger partial charge in [0.25, 0.3) is 0 Å². The van der Waals surface area contributed by atoms with E-state index in [1.54, 1.807) is 0 Å². The molecular formula is C8H19FeNO5. The van der Waals surface area contributed by atoms with Crippen LogP contribution in [0.1, 0.15) is 0 Å². The number of rotatable bonds is 8. The van der Waals surface area contributed by atoms with Gasteiger partial charge in [0.15, 0.2) is 0 Å². The Kier molecular flexibility index (Phi) is 11.2. The summed E-state index contributed by atoms with van der Waals surface area (Å²) in [5.41, 5.74) is -1.18. The predicted octanol–water partition coefficient (Wildman–Crippen LogP) is -3.01. The van der Waals surface area contributed by atoms with Gasteiger partial charge in [-0.05, 0) is 0 Å². The summed E-state index contributed by atoms with van der Waals surface area (Å²) in [6.07, 6.45) is 0. The summed E-state index contributed by atoms with van der Waals surface area (Å²) in [5.74, 6) is 0. The van der Waals surface area contributed by atoms with Crippen LogP contribution in [-0.4, -0.2) is 82.1 Å². The van der Waals surface area contributed by atoms with Crippen molar-refractivity contribution in [1.82, 2.24) is 4.90 Å². The van der Waals surface area contributed by atoms with E-state index in [-0.39, 0.29) is 43.4 Å². The summed E-state index contributed by atoms with van der Waals surface area (Å²) in [6, 6.07) is 0. The molecule has 0 unspecified atom stereocenters. The molecule has 0 aromatic rings. The maximum absolute atomic E-state index is 9.08. The van der Waals surface area contributed by atoms with Crippen molar-refractivity contribution in [2.45, 2.75) is 5.54 Å². The van der Waals surface area contributed by atoms with Crippen LogP contribution >= 0.6 is 0 Å². The zero-order valence-electron chi connectivity index (χ0n) is 8.49. The molecule has 0 aromatic carbocycles. The third-order valence-corrected chi connectivity index (χ3v) is 2.29. The van der Waals surface area contributed by atoms with Gasteiger partial charge >= 0.3 is 0 Å². The smallest absolute Gasteiger partial charge is 0.0908 e. The Labute approximate surface area is 99.6 Å². The molecule has 0 radical (unpaired) electrons. The van der Waals surface area contributed by atoms with E-state index in [1.807, 2.05) is 0 Å². The van der Waals surface area contributed by atoms with Crippen LogP contribution in [0.5, 0.6) is 0 Å². The second-order valence-corrected chi connectivity index (χ2v) is 3.13. The number of hydrogen-bond acceptors (Lipinski definition) is 6.